The van der Waals surface area contributed by atoms with E-state index in [1.807, 2.05) is 0 Å². The quantitative estimate of drug-likeness (QED) is 0.680. The first-order valence-electron chi connectivity index (χ1n) is 4.35. The first-order valence-corrected chi connectivity index (χ1v) is 4.73. The summed E-state index contributed by atoms with van der Waals surface area (Å²) in [5.41, 5.74) is -1.13. The van der Waals surface area contributed by atoms with Gasteiger partial charge in [-0.2, -0.15) is 18.3 Å². The molecule has 15 heavy (non-hydrogen) atoms. The molecule has 0 amide bonds. The van der Waals surface area contributed by atoms with Gasteiger partial charge in [-0.25, -0.2) is 0 Å². The molecule has 0 fully saturated rings. The highest BCUT2D eigenvalue weighted by molar-refractivity contribution is 6.32. The third-order valence-corrected chi connectivity index (χ3v) is 2.33. The summed E-state index contributed by atoms with van der Waals surface area (Å²) < 4.78 is 38.5. The van der Waals surface area contributed by atoms with Gasteiger partial charge in [0.25, 0.3) is 0 Å². The molecule has 0 N–H and O–H groups in total. The van der Waals surface area contributed by atoms with Crippen LogP contribution in [0.5, 0.6) is 0 Å². The Kier molecular flexibility index (Phi) is 2.80. The van der Waals surface area contributed by atoms with Crippen LogP contribution in [0.2, 0.25) is 5.02 Å². The van der Waals surface area contributed by atoms with E-state index in [2.05, 4.69) is 5.10 Å². The van der Waals surface area contributed by atoms with Gasteiger partial charge in [-0.05, 0) is 0 Å². The lowest BCUT2D eigenvalue weighted by atomic mass is 9.92. The molecule has 0 aliphatic rings. The third kappa shape index (κ3) is 2.27. The largest absolute Gasteiger partial charge is 0.434 e. The van der Waals surface area contributed by atoms with Gasteiger partial charge in [-0.15, -0.1) is 0 Å². The van der Waals surface area contributed by atoms with Crippen molar-refractivity contribution in [2.75, 3.05) is 0 Å². The normalized spacial score (nSPS) is 13.3. The molecule has 0 atom stereocenters. The Bertz CT molecular complexity index is 374. The monoisotopic (exact) mass is 240 g/mol. The smallest absolute Gasteiger partial charge is 0.262 e. The molecule has 0 radical (unpaired) electrons. The maximum absolute atomic E-state index is 12.6. The van der Waals surface area contributed by atoms with Crippen molar-refractivity contribution in [1.29, 1.82) is 0 Å². The molecule has 2 nitrogen and oxygen atoms in total. The molecule has 1 heterocycles. The highest BCUT2D eigenvalue weighted by atomic mass is 35.5. The number of hydrogen-bond acceptors (Lipinski definition) is 1. The molecular formula is C9H12ClF3N2. The van der Waals surface area contributed by atoms with Crippen molar-refractivity contribution in [3.05, 3.63) is 16.4 Å². The van der Waals surface area contributed by atoms with Crippen LogP contribution in [0.4, 0.5) is 13.2 Å². The number of nitrogens with zero attached hydrogens (tertiary/aromatic N) is 2. The Hall–Kier alpha value is -0.710. The fourth-order valence-corrected chi connectivity index (χ4v) is 1.84. The van der Waals surface area contributed by atoms with Crippen molar-refractivity contribution in [1.82, 2.24) is 9.78 Å². The molecule has 0 bridgehead atoms. The predicted molar refractivity (Wildman–Crippen MR) is 51.9 cm³/mol. The molecule has 0 saturated heterocycles. The molecular weight excluding hydrogens is 229 g/mol. The van der Waals surface area contributed by atoms with E-state index in [0.717, 1.165) is 4.68 Å². The zero-order chi connectivity index (χ0) is 12.0. The minimum absolute atomic E-state index is 0.263. The van der Waals surface area contributed by atoms with Gasteiger partial charge < -0.3 is 0 Å². The van der Waals surface area contributed by atoms with Crippen LogP contribution in [-0.2, 0) is 18.6 Å². The van der Waals surface area contributed by atoms with Gasteiger partial charge in [0.2, 0.25) is 0 Å². The minimum atomic E-state index is -4.47. The summed E-state index contributed by atoms with van der Waals surface area (Å²) in [6.07, 6.45) is -4.47. The van der Waals surface area contributed by atoms with Gasteiger partial charge in [0.15, 0.2) is 5.69 Å². The molecule has 1 rings (SSSR count). The summed E-state index contributed by atoms with van der Waals surface area (Å²) in [7, 11) is 1.24. The Morgan fingerprint density at radius 1 is 1.20 bits per heavy atom. The summed E-state index contributed by atoms with van der Waals surface area (Å²) in [4.78, 5) is 0. The predicted octanol–water partition coefficient (Wildman–Crippen LogP) is 3.39. The lowest BCUT2D eigenvalue weighted by Gasteiger charge is -2.15. The lowest BCUT2D eigenvalue weighted by Crippen LogP contribution is -2.12. The number of alkyl halides is 3. The molecule has 0 aliphatic carbocycles. The van der Waals surface area contributed by atoms with Crippen LogP contribution in [-0.4, -0.2) is 9.78 Å². The van der Waals surface area contributed by atoms with Crippen LogP contribution in [0, 0.1) is 0 Å². The molecule has 0 aromatic carbocycles. The molecule has 1 aromatic heterocycles. The zero-order valence-electron chi connectivity index (χ0n) is 8.91. The first kappa shape index (κ1) is 12.4. The molecule has 6 heteroatoms. The number of hydrogen-bond donors (Lipinski definition) is 0. The average Bonchev–Trinajstić information content (AvgIpc) is 2.22. The SMILES string of the molecule is Cn1nc(C(C)(C)C)c(Cl)c1C(F)(F)F. The van der Waals surface area contributed by atoms with Gasteiger partial charge in [-0.3, -0.25) is 4.68 Å². The maximum atomic E-state index is 12.6. The van der Waals surface area contributed by atoms with Crippen LogP contribution in [0.3, 0.4) is 0 Å². The molecule has 1 aromatic rings. The van der Waals surface area contributed by atoms with E-state index >= 15 is 0 Å². The minimum Gasteiger partial charge on any atom is -0.262 e. The summed E-state index contributed by atoms with van der Waals surface area (Å²) >= 11 is 5.70. The second-order valence-electron chi connectivity index (χ2n) is 4.38. The van der Waals surface area contributed by atoms with E-state index in [1.54, 1.807) is 20.8 Å². The molecule has 0 aliphatic heterocycles. The summed E-state index contributed by atoms with van der Waals surface area (Å²) in [6, 6.07) is 0. The van der Waals surface area contributed by atoms with Gasteiger partial charge in [0, 0.05) is 12.5 Å². The fraction of sp³-hybridized carbons (Fsp3) is 0.667. The number of aryl methyl sites for hydroxylation is 1. The summed E-state index contributed by atoms with van der Waals surface area (Å²) in [5, 5.41) is 3.50. The lowest BCUT2D eigenvalue weighted by molar-refractivity contribution is -0.143. The Morgan fingerprint density at radius 2 is 1.67 bits per heavy atom. The van der Waals surface area contributed by atoms with E-state index in [1.165, 1.54) is 7.05 Å². The molecule has 0 saturated carbocycles. The average molecular weight is 241 g/mol. The van der Waals surface area contributed by atoms with Crippen molar-refractivity contribution in [3.8, 4) is 0 Å². The Balaban J connectivity index is 3.41. The number of halogens is 4. The summed E-state index contributed by atoms with van der Waals surface area (Å²) in [5.74, 6) is 0. The second kappa shape index (κ2) is 3.40. The number of aromatic nitrogens is 2. The van der Waals surface area contributed by atoms with Crippen molar-refractivity contribution in [2.24, 2.45) is 7.05 Å². The topological polar surface area (TPSA) is 17.8 Å². The highest BCUT2D eigenvalue weighted by Crippen LogP contribution is 2.39. The van der Waals surface area contributed by atoms with Crippen LogP contribution < -0.4 is 0 Å². The van der Waals surface area contributed by atoms with Gasteiger partial charge in [0.05, 0.1) is 10.7 Å². The van der Waals surface area contributed by atoms with Crippen LogP contribution in [0.15, 0.2) is 0 Å². The highest BCUT2D eigenvalue weighted by Gasteiger charge is 2.40. The van der Waals surface area contributed by atoms with Gasteiger partial charge >= 0.3 is 6.18 Å². The van der Waals surface area contributed by atoms with E-state index < -0.39 is 17.3 Å². The number of rotatable bonds is 0. The second-order valence-corrected chi connectivity index (χ2v) is 4.76. The summed E-state index contributed by atoms with van der Waals surface area (Å²) in [6.45, 7) is 5.30. The standard InChI is InChI=1S/C9H12ClF3N2/c1-8(2,3)6-5(10)7(9(11,12)13)15(4)14-6/h1-4H3. The fourth-order valence-electron chi connectivity index (χ4n) is 1.29. The zero-order valence-corrected chi connectivity index (χ0v) is 9.66. The molecule has 0 unspecified atom stereocenters. The van der Waals surface area contributed by atoms with Gasteiger partial charge in [-0.1, -0.05) is 32.4 Å². The van der Waals surface area contributed by atoms with Crippen molar-refractivity contribution in [3.63, 3.8) is 0 Å². The maximum Gasteiger partial charge on any atom is 0.434 e. The van der Waals surface area contributed by atoms with Crippen LogP contribution >= 0.6 is 11.6 Å². The third-order valence-electron chi connectivity index (χ3n) is 1.97. The Labute approximate surface area is 91.0 Å². The van der Waals surface area contributed by atoms with Crippen molar-refractivity contribution >= 4 is 11.6 Å². The van der Waals surface area contributed by atoms with Gasteiger partial charge in [0.1, 0.15) is 0 Å². The van der Waals surface area contributed by atoms with Crippen LogP contribution in [0.25, 0.3) is 0 Å². The van der Waals surface area contributed by atoms with Crippen LogP contribution in [0.1, 0.15) is 32.2 Å². The molecule has 86 valence electrons. The molecule has 0 spiro atoms. The van der Waals surface area contributed by atoms with E-state index in [0.29, 0.717) is 0 Å². The van der Waals surface area contributed by atoms with E-state index in [9.17, 15) is 13.2 Å². The van der Waals surface area contributed by atoms with E-state index in [-0.39, 0.29) is 10.7 Å². The van der Waals surface area contributed by atoms with E-state index in [4.69, 9.17) is 11.6 Å². The van der Waals surface area contributed by atoms with Crippen molar-refractivity contribution in [2.45, 2.75) is 32.4 Å². The Morgan fingerprint density at radius 3 is 1.87 bits per heavy atom. The van der Waals surface area contributed by atoms with Crippen molar-refractivity contribution < 1.29 is 13.2 Å². The first-order chi connectivity index (χ1) is 6.55.